The van der Waals surface area contributed by atoms with Crippen molar-refractivity contribution in [1.82, 2.24) is 5.01 Å². The van der Waals surface area contributed by atoms with Crippen LogP contribution in [0.4, 0.5) is 16.2 Å². The highest BCUT2D eigenvalue weighted by Crippen LogP contribution is 2.44. The number of amidine groups is 1. The summed E-state index contributed by atoms with van der Waals surface area (Å²) < 4.78 is 16.2. The van der Waals surface area contributed by atoms with Gasteiger partial charge in [-0.1, -0.05) is 24.8 Å². The third kappa shape index (κ3) is 2.87. The summed E-state index contributed by atoms with van der Waals surface area (Å²) in [5.74, 6) is 1.87. The molecular weight excluding hydrogens is 346 g/mol. The average molecular weight is 365 g/mol. The van der Waals surface area contributed by atoms with Gasteiger partial charge in [-0.05, 0) is 32.0 Å². The van der Waals surface area contributed by atoms with Gasteiger partial charge in [0.05, 0.1) is 23.7 Å². The summed E-state index contributed by atoms with van der Waals surface area (Å²) in [7, 11) is 0. The second-order valence-corrected chi connectivity index (χ2v) is 5.99. The molecule has 0 saturated heterocycles. The van der Waals surface area contributed by atoms with Crippen LogP contribution in [-0.2, 0) is 4.74 Å². The third-order valence-corrected chi connectivity index (χ3v) is 4.29. The molecule has 0 unspecified atom stereocenters. The molecule has 7 heteroatoms. The van der Waals surface area contributed by atoms with Crippen molar-refractivity contribution >= 4 is 29.0 Å². The summed E-state index contributed by atoms with van der Waals surface area (Å²) in [6, 6.07) is 12.9. The summed E-state index contributed by atoms with van der Waals surface area (Å²) in [6.07, 6.45) is -0.511. The lowest BCUT2D eigenvalue weighted by Crippen LogP contribution is -2.49. The second kappa shape index (κ2) is 6.68. The molecule has 0 atom stereocenters. The Bertz CT molecular complexity index is 940. The van der Waals surface area contributed by atoms with Crippen molar-refractivity contribution in [3.05, 3.63) is 54.6 Å². The predicted octanol–water partition coefficient (Wildman–Crippen LogP) is 4.33. The summed E-state index contributed by atoms with van der Waals surface area (Å²) >= 11 is 0. The van der Waals surface area contributed by atoms with Crippen LogP contribution in [0, 0.1) is 0 Å². The highest BCUT2D eigenvalue weighted by Gasteiger charge is 2.33. The number of anilines is 1. The maximum Gasteiger partial charge on any atom is 0.433 e. The molecule has 7 nitrogen and oxygen atoms in total. The first-order valence-electron chi connectivity index (χ1n) is 8.60. The van der Waals surface area contributed by atoms with Gasteiger partial charge in [0.25, 0.3) is 0 Å². The van der Waals surface area contributed by atoms with Crippen molar-refractivity contribution in [2.24, 2.45) is 4.99 Å². The Morgan fingerprint density at radius 2 is 1.96 bits per heavy atom. The van der Waals surface area contributed by atoms with Gasteiger partial charge in [0.15, 0.2) is 11.5 Å². The molecule has 0 aromatic heterocycles. The summed E-state index contributed by atoms with van der Waals surface area (Å²) in [6.45, 7) is 8.22. The van der Waals surface area contributed by atoms with Gasteiger partial charge in [0, 0.05) is 11.6 Å². The molecular formula is C20H19N3O4. The smallest absolute Gasteiger partial charge is 0.433 e. The fourth-order valence-electron chi connectivity index (χ4n) is 3.11. The number of benzene rings is 2. The van der Waals surface area contributed by atoms with E-state index in [0.29, 0.717) is 28.7 Å². The Hall–Kier alpha value is -3.48. The van der Waals surface area contributed by atoms with E-state index >= 15 is 0 Å². The van der Waals surface area contributed by atoms with Gasteiger partial charge >= 0.3 is 6.09 Å². The van der Waals surface area contributed by atoms with E-state index in [-0.39, 0.29) is 13.4 Å². The van der Waals surface area contributed by atoms with Crippen LogP contribution in [0.2, 0.25) is 0 Å². The number of hydrogen-bond donors (Lipinski definition) is 0. The monoisotopic (exact) mass is 365 g/mol. The van der Waals surface area contributed by atoms with Crippen LogP contribution in [0.1, 0.15) is 19.4 Å². The van der Waals surface area contributed by atoms with Crippen molar-refractivity contribution in [2.75, 3.05) is 18.4 Å². The van der Waals surface area contributed by atoms with Crippen LogP contribution in [0.15, 0.2) is 54.0 Å². The lowest BCUT2D eigenvalue weighted by molar-refractivity contribution is 0.151. The predicted molar refractivity (Wildman–Crippen MR) is 102 cm³/mol. The normalized spacial score (nSPS) is 14.5. The lowest BCUT2D eigenvalue weighted by atomic mass is 10.1. The number of aliphatic imine (C=N–C) groups is 1. The van der Waals surface area contributed by atoms with Crippen LogP contribution >= 0.6 is 0 Å². The van der Waals surface area contributed by atoms with Crippen molar-refractivity contribution in [1.29, 1.82) is 0 Å². The fraction of sp³-hybridized carbons (Fsp3) is 0.200. The number of rotatable bonds is 3. The van der Waals surface area contributed by atoms with Gasteiger partial charge in [-0.25, -0.2) is 14.8 Å². The van der Waals surface area contributed by atoms with Gasteiger partial charge in [0.2, 0.25) is 6.79 Å². The molecule has 0 aliphatic carbocycles. The first kappa shape index (κ1) is 17.0. The Labute approximate surface area is 157 Å². The SMILES string of the molecule is C=C1c2cc3c(cc2N=C(C)N1N(C(=O)OCC)c1ccccc1)OCO3. The molecule has 0 saturated carbocycles. The number of para-hydroxylation sites is 1. The third-order valence-electron chi connectivity index (χ3n) is 4.29. The van der Waals surface area contributed by atoms with Crippen molar-refractivity contribution in [2.45, 2.75) is 13.8 Å². The fourth-order valence-corrected chi connectivity index (χ4v) is 3.11. The molecule has 2 heterocycles. The maximum absolute atomic E-state index is 12.8. The topological polar surface area (TPSA) is 63.6 Å². The second-order valence-electron chi connectivity index (χ2n) is 5.99. The molecule has 1 amide bonds. The number of fused-ring (bicyclic) bond motifs is 2. The molecule has 138 valence electrons. The molecule has 0 N–H and O–H groups in total. The zero-order valence-electron chi connectivity index (χ0n) is 15.1. The summed E-state index contributed by atoms with van der Waals surface area (Å²) in [5.41, 5.74) is 2.72. The number of carbonyl (C=O) groups excluding carboxylic acids is 1. The van der Waals surface area contributed by atoms with Crippen LogP contribution < -0.4 is 14.5 Å². The highest BCUT2D eigenvalue weighted by molar-refractivity contribution is 6.03. The van der Waals surface area contributed by atoms with E-state index in [2.05, 4.69) is 11.6 Å². The molecule has 2 aromatic rings. The molecule has 27 heavy (non-hydrogen) atoms. The number of hydrazine groups is 1. The van der Waals surface area contributed by atoms with E-state index in [1.54, 1.807) is 11.9 Å². The molecule has 2 aliphatic rings. The van der Waals surface area contributed by atoms with E-state index in [1.165, 1.54) is 5.01 Å². The molecule has 2 aromatic carbocycles. The quantitative estimate of drug-likeness (QED) is 0.810. The van der Waals surface area contributed by atoms with Gasteiger partial charge < -0.3 is 14.2 Å². The average Bonchev–Trinajstić information content (AvgIpc) is 3.12. The number of amides is 1. The van der Waals surface area contributed by atoms with E-state index < -0.39 is 6.09 Å². The molecule has 0 bridgehead atoms. The minimum atomic E-state index is -0.511. The Kier molecular flexibility index (Phi) is 4.19. The Morgan fingerprint density at radius 1 is 1.26 bits per heavy atom. The first-order chi connectivity index (χ1) is 13.1. The molecule has 2 aliphatic heterocycles. The van der Waals surface area contributed by atoms with E-state index in [1.807, 2.05) is 49.4 Å². The zero-order valence-corrected chi connectivity index (χ0v) is 15.1. The maximum atomic E-state index is 12.8. The van der Waals surface area contributed by atoms with Gasteiger partial charge in [-0.15, -0.1) is 0 Å². The number of hydrogen-bond acceptors (Lipinski definition) is 6. The number of ether oxygens (including phenoxy) is 3. The minimum absolute atomic E-state index is 0.177. The van der Waals surface area contributed by atoms with Gasteiger partial charge in [-0.2, -0.15) is 5.01 Å². The van der Waals surface area contributed by atoms with Gasteiger partial charge in [0.1, 0.15) is 5.84 Å². The van der Waals surface area contributed by atoms with E-state index in [0.717, 1.165) is 11.3 Å². The number of nitrogens with zero attached hydrogens (tertiary/aromatic N) is 3. The van der Waals surface area contributed by atoms with Crippen LogP contribution in [-0.4, -0.2) is 30.3 Å². The Morgan fingerprint density at radius 3 is 2.67 bits per heavy atom. The Balaban J connectivity index is 1.80. The molecule has 0 spiro atoms. The van der Waals surface area contributed by atoms with Crippen molar-refractivity contribution in [3.63, 3.8) is 0 Å². The zero-order chi connectivity index (χ0) is 19.0. The first-order valence-corrected chi connectivity index (χ1v) is 8.60. The van der Waals surface area contributed by atoms with Crippen LogP contribution in [0.5, 0.6) is 11.5 Å². The van der Waals surface area contributed by atoms with Crippen LogP contribution in [0.25, 0.3) is 5.70 Å². The molecule has 0 radical (unpaired) electrons. The molecule has 0 fully saturated rings. The van der Waals surface area contributed by atoms with Gasteiger partial charge in [-0.3, -0.25) is 0 Å². The largest absolute Gasteiger partial charge is 0.454 e. The van der Waals surface area contributed by atoms with Crippen LogP contribution in [0.3, 0.4) is 0 Å². The van der Waals surface area contributed by atoms with E-state index in [9.17, 15) is 4.79 Å². The standard InChI is InChI=1S/C20H19N3O4/c1-4-25-20(24)23(15-8-6-5-7-9-15)22-13(2)16-10-18-19(27-12-26-18)11-17(16)21-14(22)3/h5-11H,2,4,12H2,1,3H3. The van der Waals surface area contributed by atoms with Crippen molar-refractivity contribution in [3.8, 4) is 11.5 Å². The highest BCUT2D eigenvalue weighted by atomic mass is 16.7. The van der Waals surface area contributed by atoms with Crippen molar-refractivity contribution < 1.29 is 19.0 Å². The lowest BCUT2D eigenvalue weighted by Gasteiger charge is -2.38. The minimum Gasteiger partial charge on any atom is -0.454 e. The number of carbonyl (C=O) groups is 1. The summed E-state index contributed by atoms with van der Waals surface area (Å²) in [5, 5.41) is 3.08. The molecule has 4 rings (SSSR count). The summed E-state index contributed by atoms with van der Waals surface area (Å²) in [4.78, 5) is 17.4. The van der Waals surface area contributed by atoms with E-state index in [4.69, 9.17) is 14.2 Å².